The molecule has 1 aliphatic rings. The van der Waals surface area contributed by atoms with Gasteiger partial charge in [0.2, 0.25) is 0 Å². The van der Waals surface area contributed by atoms with Crippen LogP contribution in [0, 0.1) is 5.92 Å². The van der Waals surface area contributed by atoms with Crippen LogP contribution < -0.4 is 10.9 Å². The monoisotopic (exact) mass is 235 g/mol. The summed E-state index contributed by atoms with van der Waals surface area (Å²) in [5.41, 5.74) is 0.874. The summed E-state index contributed by atoms with van der Waals surface area (Å²) in [5, 5.41) is 3.44. The van der Waals surface area contributed by atoms with Crippen molar-refractivity contribution in [3.05, 3.63) is 27.9 Å². The zero-order valence-electron chi connectivity index (χ0n) is 10.5. The van der Waals surface area contributed by atoms with E-state index in [4.69, 9.17) is 0 Å². The van der Waals surface area contributed by atoms with E-state index in [2.05, 4.69) is 15.3 Å². The smallest absolute Gasteiger partial charge is 0.251 e. The highest BCUT2D eigenvalue weighted by atomic mass is 16.1. The van der Waals surface area contributed by atoms with Gasteiger partial charge >= 0.3 is 0 Å². The van der Waals surface area contributed by atoms with Gasteiger partial charge in [-0.3, -0.25) is 4.79 Å². The van der Waals surface area contributed by atoms with E-state index in [9.17, 15) is 4.79 Å². The molecule has 2 rings (SSSR count). The fourth-order valence-electron chi connectivity index (χ4n) is 2.38. The first-order chi connectivity index (χ1) is 8.28. The molecule has 1 fully saturated rings. The molecule has 4 nitrogen and oxygen atoms in total. The highest BCUT2D eigenvalue weighted by Crippen LogP contribution is 2.14. The Kier molecular flexibility index (Phi) is 4.31. The Morgan fingerprint density at radius 3 is 3.18 bits per heavy atom. The van der Waals surface area contributed by atoms with E-state index >= 15 is 0 Å². The van der Waals surface area contributed by atoms with Crippen molar-refractivity contribution in [2.45, 2.75) is 39.0 Å². The second-order valence-electron chi connectivity index (χ2n) is 4.81. The third kappa shape index (κ3) is 3.66. The second kappa shape index (κ2) is 5.96. The van der Waals surface area contributed by atoms with E-state index in [1.807, 2.05) is 6.92 Å². The van der Waals surface area contributed by atoms with Gasteiger partial charge in [-0.1, -0.05) is 13.3 Å². The lowest BCUT2D eigenvalue weighted by Gasteiger charge is -2.13. The summed E-state index contributed by atoms with van der Waals surface area (Å²) in [6.45, 7) is 4.19. The maximum absolute atomic E-state index is 11.5. The van der Waals surface area contributed by atoms with Gasteiger partial charge in [0.15, 0.2) is 0 Å². The maximum Gasteiger partial charge on any atom is 0.251 e. The summed E-state index contributed by atoms with van der Waals surface area (Å²) < 4.78 is 0. The molecule has 1 unspecified atom stereocenters. The Balaban J connectivity index is 2.06. The summed E-state index contributed by atoms with van der Waals surface area (Å²) in [5.74, 6) is 1.45. The molecule has 0 bridgehead atoms. The van der Waals surface area contributed by atoms with Crippen molar-refractivity contribution >= 4 is 0 Å². The lowest BCUT2D eigenvalue weighted by molar-refractivity contribution is 0.465. The Morgan fingerprint density at radius 2 is 2.35 bits per heavy atom. The number of nitrogens with one attached hydrogen (secondary N) is 2. The summed E-state index contributed by atoms with van der Waals surface area (Å²) in [6, 6.07) is 1.59. The highest BCUT2D eigenvalue weighted by Gasteiger charge is 2.14. The van der Waals surface area contributed by atoms with Crippen LogP contribution >= 0.6 is 0 Å². The van der Waals surface area contributed by atoms with Crippen LogP contribution in [0.2, 0.25) is 0 Å². The van der Waals surface area contributed by atoms with Crippen molar-refractivity contribution in [1.29, 1.82) is 0 Å². The van der Waals surface area contributed by atoms with Gasteiger partial charge in [-0.25, -0.2) is 4.98 Å². The van der Waals surface area contributed by atoms with Crippen LogP contribution in [0.25, 0.3) is 0 Å². The van der Waals surface area contributed by atoms with Crippen molar-refractivity contribution in [3.8, 4) is 0 Å². The molecule has 1 atom stereocenters. The SMILES string of the molecule is CCc1cc(=O)[nH]c(CC2CCCCNC2)n1. The molecule has 1 aromatic heterocycles. The molecule has 0 saturated carbocycles. The predicted octanol–water partition coefficient (Wildman–Crippen LogP) is 1.26. The van der Waals surface area contributed by atoms with Gasteiger partial charge in [0.1, 0.15) is 5.82 Å². The fraction of sp³-hybridized carbons (Fsp3) is 0.692. The number of aryl methyl sites for hydroxylation is 1. The molecule has 0 spiro atoms. The van der Waals surface area contributed by atoms with Gasteiger partial charge in [-0.2, -0.15) is 0 Å². The van der Waals surface area contributed by atoms with Crippen molar-refractivity contribution in [2.75, 3.05) is 13.1 Å². The average Bonchev–Trinajstić information content (AvgIpc) is 2.57. The summed E-state index contributed by atoms with van der Waals surface area (Å²) in [7, 11) is 0. The molecule has 1 aromatic rings. The van der Waals surface area contributed by atoms with Crippen LogP contribution in [-0.2, 0) is 12.8 Å². The molecule has 1 aliphatic heterocycles. The number of nitrogens with zero attached hydrogens (tertiary/aromatic N) is 1. The van der Waals surface area contributed by atoms with Crippen LogP contribution in [0.3, 0.4) is 0 Å². The zero-order valence-corrected chi connectivity index (χ0v) is 10.5. The van der Waals surface area contributed by atoms with Gasteiger partial charge in [0, 0.05) is 18.2 Å². The maximum atomic E-state index is 11.5. The van der Waals surface area contributed by atoms with Crippen LogP contribution in [-0.4, -0.2) is 23.1 Å². The Hall–Kier alpha value is -1.16. The van der Waals surface area contributed by atoms with Gasteiger partial charge in [-0.15, -0.1) is 0 Å². The van der Waals surface area contributed by atoms with E-state index in [1.165, 1.54) is 19.3 Å². The molecule has 0 aliphatic carbocycles. The molecule has 2 N–H and O–H groups in total. The van der Waals surface area contributed by atoms with Crippen molar-refractivity contribution in [2.24, 2.45) is 5.92 Å². The number of aromatic amines is 1. The first-order valence-corrected chi connectivity index (χ1v) is 6.57. The normalized spacial score (nSPS) is 21.1. The van der Waals surface area contributed by atoms with Crippen molar-refractivity contribution in [1.82, 2.24) is 15.3 Å². The quantitative estimate of drug-likeness (QED) is 0.829. The van der Waals surface area contributed by atoms with Crippen LogP contribution in [0.1, 0.15) is 37.7 Å². The summed E-state index contributed by atoms with van der Waals surface area (Å²) >= 11 is 0. The van der Waals surface area contributed by atoms with E-state index in [-0.39, 0.29) is 5.56 Å². The van der Waals surface area contributed by atoms with Crippen LogP contribution in [0.15, 0.2) is 10.9 Å². The van der Waals surface area contributed by atoms with E-state index in [0.717, 1.165) is 37.4 Å². The van der Waals surface area contributed by atoms with Crippen LogP contribution in [0.4, 0.5) is 0 Å². The molecule has 4 heteroatoms. The summed E-state index contributed by atoms with van der Waals surface area (Å²) in [4.78, 5) is 18.8. The molecule has 1 saturated heterocycles. The van der Waals surface area contributed by atoms with Gasteiger partial charge in [0.25, 0.3) is 5.56 Å². The number of hydrogen-bond acceptors (Lipinski definition) is 3. The Labute approximate surface area is 102 Å². The van der Waals surface area contributed by atoms with Crippen molar-refractivity contribution < 1.29 is 0 Å². The first-order valence-electron chi connectivity index (χ1n) is 6.57. The highest BCUT2D eigenvalue weighted by molar-refractivity contribution is 5.03. The standard InChI is InChI=1S/C13H21N3O/c1-2-11-8-13(17)16-12(15-11)7-10-5-3-4-6-14-9-10/h8,10,14H,2-7,9H2,1H3,(H,15,16,17). The minimum absolute atomic E-state index is 0.0200. The second-order valence-corrected chi connectivity index (χ2v) is 4.81. The van der Waals surface area contributed by atoms with Gasteiger partial charge in [0.05, 0.1) is 0 Å². The number of H-pyrrole nitrogens is 1. The number of hydrogen-bond donors (Lipinski definition) is 2. The van der Waals surface area contributed by atoms with Crippen LogP contribution in [0.5, 0.6) is 0 Å². The lowest BCUT2D eigenvalue weighted by Crippen LogP contribution is -2.24. The fourth-order valence-corrected chi connectivity index (χ4v) is 2.38. The Morgan fingerprint density at radius 1 is 1.47 bits per heavy atom. The largest absolute Gasteiger partial charge is 0.316 e. The molecule has 0 radical (unpaired) electrons. The molecular weight excluding hydrogens is 214 g/mol. The van der Waals surface area contributed by atoms with Gasteiger partial charge < -0.3 is 10.3 Å². The third-order valence-electron chi connectivity index (χ3n) is 3.34. The minimum atomic E-state index is -0.0200. The first kappa shape index (κ1) is 12.3. The average molecular weight is 235 g/mol. The zero-order chi connectivity index (χ0) is 12.1. The molecule has 2 heterocycles. The lowest BCUT2D eigenvalue weighted by atomic mass is 9.99. The van der Waals surface area contributed by atoms with E-state index in [0.29, 0.717) is 5.92 Å². The topological polar surface area (TPSA) is 57.8 Å². The Bertz CT molecular complexity index is 405. The molecule has 0 aromatic carbocycles. The molecule has 17 heavy (non-hydrogen) atoms. The number of aromatic nitrogens is 2. The van der Waals surface area contributed by atoms with E-state index in [1.54, 1.807) is 6.07 Å². The van der Waals surface area contributed by atoms with Gasteiger partial charge in [-0.05, 0) is 38.3 Å². The predicted molar refractivity (Wildman–Crippen MR) is 68.2 cm³/mol. The molecule has 94 valence electrons. The van der Waals surface area contributed by atoms with Crippen molar-refractivity contribution in [3.63, 3.8) is 0 Å². The minimum Gasteiger partial charge on any atom is -0.316 e. The molecular formula is C13H21N3O. The number of rotatable bonds is 3. The van der Waals surface area contributed by atoms with E-state index < -0.39 is 0 Å². The summed E-state index contributed by atoms with van der Waals surface area (Å²) in [6.07, 6.45) is 5.47. The third-order valence-corrected chi connectivity index (χ3v) is 3.34. The molecule has 0 amide bonds.